The summed E-state index contributed by atoms with van der Waals surface area (Å²) in [6, 6.07) is 4.37. The van der Waals surface area contributed by atoms with E-state index in [0.29, 0.717) is 5.56 Å². The van der Waals surface area contributed by atoms with Crippen LogP contribution in [0.2, 0.25) is 0 Å². The van der Waals surface area contributed by atoms with Crippen LogP contribution in [0, 0.1) is 17.0 Å². The molecule has 0 aromatic heterocycles. The predicted molar refractivity (Wildman–Crippen MR) is 60.1 cm³/mol. The second-order valence-electron chi connectivity index (χ2n) is 3.35. The first kappa shape index (κ1) is 12.7. The van der Waals surface area contributed by atoms with E-state index in [1.54, 1.807) is 0 Å². The van der Waals surface area contributed by atoms with E-state index in [1.165, 1.54) is 25.1 Å². The van der Waals surface area contributed by atoms with Crippen LogP contribution in [0.1, 0.15) is 5.56 Å². The van der Waals surface area contributed by atoms with E-state index in [0.717, 1.165) is 0 Å². The Hall–Kier alpha value is -2.37. The molecule has 1 aromatic rings. The van der Waals surface area contributed by atoms with Crippen molar-refractivity contribution < 1.29 is 19.6 Å². The lowest BCUT2D eigenvalue weighted by Gasteiger charge is -2.08. The maximum absolute atomic E-state index is 10.7. The quantitative estimate of drug-likeness (QED) is 0.480. The maximum atomic E-state index is 10.7. The summed E-state index contributed by atoms with van der Waals surface area (Å²) in [6.45, 7) is 4.63. The number of hydrogen-bond donors (Lipinski definition) is 1. The van der Waals surface area contributed by atoms with Crippen LogP contribution in [-0.4, -0.2) is 22.6 Å². The van der Waals surface area contributed by atoms with Gasteiger partial charge in [-0.2, -0.15) is 0 Å². The van der Waals surface area contributed by atoms with Crippen molar-refractivity contribution in [2.75, 3.05) is 6.61 Å². The molecular formula is C11H11NO5. The number of aliphatic carboxylic acids is 1. The molecule has 0 heterocycles. The molecule has 0 saturated heterocycles. The highest BCUT2D eigenvalue weighted by atomic mass is 16.6. The van der Waals surface area contributed by atoms with Crippen molar-refractivity contribution in [3.63, 3.8) is 0 Å². The van der Waals surface area contributed by atoms with Gasteiger partial charge in [-0.15, -0.1) is 0 Å². The summed E-state index contributed by atoms with van der Waals surface area (Å²) in [5, 5.41) is 19.2. The van der Waals surface area contributed by atoms with Gasteiger partial charge in [0.25, 0.3) is 5.69 Å². The normalized spacial score (nSPS) is 9.71. The number of ether oxygens (including phenoxy) is 1. The maximum Gasteiger partial charge on any atom is 0.334 e. The van der Waals surface area contributed by atoms with Gasteiger partial charge in [0.05, 0.1) is 16.1 Å². The van der Waals surface area contributed by atoms with Crippen molar-refractivity contribution in [3.8, 4) is 5.75 Å². The topological polar surface area (TPSA) is 89.7 Å². The van der Waals surface area contributed by atoms with Gasteiger partial charge in [-0.3, -0.25) is 10.1 Å². The van der Waals surface area contributed by atoms with Crippen LogP contribution in [0.25, 0.3) is 0 Å². The van der Waals surface area contributed by atoms with Gasteiger partial charge < -0.3 is 9.84 Å². The summed E-state index contributed by atoms with van der Waals surface area (Å²) in [5.41, 5.74) is 0.176. The predicted octanol–water partition coefficient (Wildman–Crippen LogP) is 1.92. The molecule has 0 atom stereocenters. The Balaban J connectivity index is 2.86. The fraction of sp³-hybridized carbons (Fsp3) is 0.182. The molecule has 1 N–H and O–H groups in total. The molecule has 0 amide bonds. The average molecular weight is 237 g/mol. The van der Waals surface area contributed by atoms with Crippen LogP contribution in [0.3, 0.4) is 0 Å². The molecule has 0 aliphatic rings. The zero-order chi connectivity index (χ0) is 13.0. The molecule has 0 bridgehead atoms. The SMILES string of the molecule is C=C(COc1cccc([N+](=O)[O-])c1C)C(=O)O. The summed E-state index contributed by atoms with van der Waals surface area (Å²) < 4.78 is 5.17. The molecule has 0 fully saturated rings. The van der Waals surface area contributed by atoms with E-state index >= 15 is 0 Å². The van der Waals surface area contributed by atoms with Crippen LogP contribution < -0.4 is 4.74 Å². The molecule has 0 saturated carbocycles. The number of carboxylic acid groups (broad SMARTS) is 1. The number of nitro groups is 1. The van der Waals surface area contributed by atoms with Gasteiger partial charge in [-0.05, 0) is 13.0 Å². The first-order valence-electron chi connectivity index (χ1n) is 4.71. The van der Waals surface area contributed by atoms with Gasteiger partial charge in [0.1, 0.15) is 12.4 Å². The minimum atomic E-state index is -1.16. The number of benzene rings is 1. The summed E-state index contributed by atoms with van der Waals surface area (Å²) >= 11 is 0. The Kier molecular flexibility index (Phi) is 3.82. The molecular weight excluding hydrogens is 226 g/mol. The highest BCUT2D eigenvalue weighted by Crippen LogP contribution is 2.27. The molecule has 6 heteroatoms. The van der Waals surface area contributed by atoms with Crippen molar-refractivity contribution >= 4 is 11.7 Å². The first-order valence-corrected chi connectivity index (χ1v) is 4.71. The van der Waals surface area contributed by atoms with Crippen LogP contribution in [0.15, 0.2) is 30.4 Å². The van der Waals surface area contributed by atoms with E-state index in [1.807, 2.05) is 0 Å². The van der Waals surface area contributed by atoms with E-state index < -0.39 is 10.9 Å². The highest BCUT2D eigenvalue weighted by molar-refractivity contribution is 5.86. The van der Waals surface area contributed by atoms with Gasteiger partial charge >= 0.3 is 5.97 Å². The number of hydrogen-bond acceptors (Lipinski definition) is 4. The third kappa shape index (κ3) is 3.04. The minimum absolute atomic E-state index is 0.0663. The largest absolute Gasteiger partial charge is 0.488 e. The Labute approximate surface area is 97.3 Å². The van der Waals surface area contributed by atoms with Crippen molar-refractivity contribution in [1.29, 1.82) is 0 Å². The van der Waals surface area contributed by atoms with E-state index in [4.69, 9.17) is 9.84 Å². The molecule has 17 heavy (non-hydrogen) atoms. The fourth-order valence-electron chi connectivity index (χ4n) is 1.18. The molecule has 6 nitrogen and oxygen atoms in total. The summed E-state index contributed by atoms with van der Waals surface area (Å²) in [7, 11) is 0. The Morgan fingerprint density at radius 1 is 1.59 bits per heavy atom. The van der Waals surface area contributed by atoms with Crippen LogP contribution in [-0.2, 0) is 4.79 Å². The second-order valence-corrected chi connectivity index (χ2v) is 3.35. The van der Waals surface area contributed by atoms with E-state index in [9.17, 15) is 14.9 Å². The smallest absolute Gasteiger partial charge is 0.334 e. The number of carbonyl (C=O) groups is 1. The van der Waals surface area contributed by atoms with Gasteiger partial charge in [0.15, 0.2) is 0 Å². The monoisotopic (exact) mass is 237 g/mol. The van der Waals surface area contributed by atoms with Crippen LogP contribution >= 0.6 is 0 Å². The number of rotatable bonds is 5. The Morgan fingerprint density at radius 3 is 2.76 bits per heavy atom. The van der Waals surface area contributed by atoms with E-state index in [-0.39, 0.29) is 23.6 Å². The van der Waals surface area contributed by atoms with Crippen LogP contribution in [0.4, 0.5) is 5.69 Å². The molecule has 0 aliphatic heterocycles. The first-order chi connectivity index (χ1) is 7.93. The Bertz CT molecular complexity index is 481. The lowest BCUT2D eigenvalue weighted by molar-refractivity contribution is -0.385. The molecule has 90 valence electrons. The summed E-state index contributed by atoms with van der Waals surface area (Å²) in [6.07, 6.45) is 0. The minimum Gasteiger partial charge on any atom is -0.488 e. The van der Waals surface area contributed by atoms with Gasteiger partial charge in [-0.25, -0.2) is 4.79 Å². The van der Waals surface area contributed by atoms with Gasteiger partial charge in [0.2, 0.25) is 0 Å². The summed E-state index contributed by atoms with van der Waals surface area (Å²) in [4.78, 5) is 20.6. The third-order valence-electron chi connectivity index (χ3n) is 2.16. The Morgan fingerprint density at radius 2 is 2.24 bits per heavy atom. The zero-order valence-electron chi connectivity index (χ0n) is 9.17. The molecule has 1 rings (SSSR count). The average Bonchev–Trinajstić information content (AvgIpc) is 2.26. The zero-order valence-corrected chi connectivity index (χ0v) is 9.17. The van der Waals surface area contributed by atoms with E-state index in [2.05, 4.69) is 6.58 Å². The van der Waals surface area contributed by atoms with Gasteiger partial charge in [-0.1, -0.05) is 12.6 Å². The van der Waals surface area contributed by atoms with Gasteiger partial charge in [0, 0.05) is 6.07 Å². The molecule has 0 unspecified atom stereocenters. The van der Waals surface area contributed by atoms with Crippen molar-refractivity contribution in [2.24, 2.45) is 0 Å². The highest BCUT2D eigenvalue weighted by Gasteiger charge is 2.14. The van der Waals surface area contributed by atoms with Crippen molar-refractivity contribution in [1.82, 2.24) is 0 Å². The lowest BCUT2D eigenvalue weighted by atomic mass is 10.2. The number of nitro benzene ring substituents is 1. The van der Waals surface area contributed by atoms with Crippen molar-refractivity contribution in [2.45, 2.75) is 6.92 Å². The second kappa shape index (κ2) is 5.11. The van der Waals surface area contributed by atoms with Crippen molar-refractivity contribution in [3.05, 3.63) is 46.0 Å². The third-order valence-corrected chi connectivity index (χ3v) is 2.16. The lowest BCUT2D eigenvalue weighted by Crippen LogP contribution is -2.09. The molecule has 1 aromatic carbocycles. The van der Waals surface area contributed by atoms with Crippen LogP contribution in [0.5, 0.6) is 5.75 Å². The summed E-state index contributed by atoms with van der Waals surface area (Å²) in [5.74, 6) is -0.880. The number of nitrogens with zero attached hydrogens (tertiary/aromatic N) is 1. The molecule has 0 aliphatic carbocycles. The molecule has 0 radical (unpaired) electrons. The molecule has 0 spiro atoms. The number of carboxylic acids is 1. The standard InChI is InChI=1S/C11H11NO5/c1-7(11(13)14)6-17-10-5-3-4-9(8(10)2)12(15)16/h3-5H,1,6H2,2H3,(H,13,14). The fourth-order valence-corrected chi connectivity index (χ4v) is 1.18.